The van der Waals surface area contributed by atoms with Crippen molar-refractivity contribution in [2.24, 2.45) is 11.8 Å². The van der Waals surface area contributed by atoms with E-state index in [2.05, 4.69) is 5.32 Å². The molecule has 1 aliphatic carbocycles. The second-order valence-electron chi connectivity index (χ2n) is 5.85. The van der Waals surface area contributed by atoms with Gasteiger partial charge in [0.1, 0.15) is 0 Å². The number of amides is 2. The first-order valence-corrected chi connectivity index (χ1v) is 7.39. The fourth-order valence-electron chi connectivity index (χ4n) is 2.86. The van der Waals surface area contributed by atoms with E-state index in [4.69, 9.17) is 5.11 Å². The van der Waals surface area contributed by atoms with E-state index in [9.17, 15) is 9.59 Å². The van der Waals surface area contributed by atoms with E-state index >= 15 is 0 Å². The number of carbonyl (C=O) groups is 2. The SMILES string of the molecule is O=C(O)CCC1CCN(C(=O)NCCC2CCC2)C1. The van der Waals surface area contributed by atoms with Gasteiger partial charge >= 0.3 is 12.0 Å². The standard InChI is InChI=1S/C14H24N2O3/c17-13(18)5-4-12-7-9-16(10-12)14(19)15-8-6-11-2-1-3-11/h11-12H,1-10H2,(H,15,19)(H,17,18). The van der Waals surface area contributed by atoms with Gasteiger partial charge in [-0.2, -0.15) is 0 Å². The summed E-state index contributed by atoms with van der Waals surface area (Å²) in [6.07, 6.45) is 6.90. The van der Waals surface area contributed by atoms with Crippen molar-refractivity contribution >= 4 is 12.0 Å². The molecule has 0 aromatic rings. The summed E-state index contributed by atoms with van der Waals surface area (Å²) >= 11 is 0. The zero-order valence-electron chi connectivity index (χ0n) is 11.4. The highest BCUT2D eigenvalue weighted by Crippen LogP contribution is 2.28. The van der Waals surface area contributed by atoms with Crippen molar-refractivity contribution in [2.75, 3.05) is 19.6 Å². The molecule has 1 unspecified atom stereocenters. The molecule has 1 saturated heterocycles. The van der Waals surface area contributed by atoms with Crippen molar-refractivity contribution in [1.29, 1.82) is 0 Å². The number of carboxylic acid groups (broad SMARTS) is 1. The molecule has 5 nitrogen and oxygen atoms in total. The maximum absolute atomic E-state index is 11.9. The molecule has 0 aromatic carbocycles. The molecule has 1 aliphatic heterocycles. The van der Waals surface area contributed by atoms with Crippen LogP contribution >= 0.6 is 0 Å². The summed E-state index contributed by atoms with van der Waals surface area (Å²) < 4.78 is 0. The number of rotatable bonds is 6. The van der Waals surface area contributed by atoms with Gasteiger partial charge in [-0.1, -0.05) is 19.3 Å². The molecule has 2 N–H and O–H groups in total. The average molecular weight is 268 g/mol. The molecule has 1 atom stereocenters. The Hall–Kier alpha value is -1.26. The molecular formula is C14H24N2O3. The Morgan fingerprint density at radius 1 is 1.16 bits per heavy atom. The average Bonchev–Trinajstić information content (AvgIpc) is 2.78. The molecule has 1 heterocycles. The third kappa shape index (κ3) is 4.40. The van der Waals surface area contributed by atoms with Crippen LogP contribution in [0.25, 0.3) is 0 Å². The van der Waals surface area contributed by atoms with Gasteiger partial charge < -0.3 is 15.3 Å². The van der Waals surface area contributed by atoms with Crippen LogP contribution in [0.4, 0.5) is 4.79 Å². The minimum atomic E-state index is -0.747. The van der Waals surface area contributed by atoms with E-state index in [-0.39, 0.29) is 12.5 Å². The van der Waals surface area contributed by atoms with Crippen molar-refractivity contribution in [3.05, 3.63) is 0 Å². The first kappa shape index (κ1) is 14.2. The predicted molar refractivity (Wildman–Crippen MR) is 71.9 cm³/mol. The van der Waals surface area contributed by atoms with Crippen molar-refractivity contribution < 1.29 is 14.7 Å². The number of hydrogen-bond acceptors (Lipinski definition) is 2. The number of likely N-dealkylation sites (tertiary alicyclic amines) is 1. The van der Waals surface area contributed by atoms with Crippen molar-refractivity contribution in [3.8, 4) is 0 Å². The number of carbonyl (C=O) groups excluding carboxylic acids is 1. The van der Waals surface area contributed by atoms with E-state index in [0.717, 1.165) is 31.8 Å². The van der Waals surface area contributed by atoms with E-state index < -0.39 is 5.97 Å². The Bertz CT molecular complexity index is 329. The maximum atomic E-state index is 11.9. The lowest BCUT2D eigenvalue weighted by molar-refractivity contribution is -0.137. The zero-order valence-corrected chi connectivity index (χ0v) is 11.4. The number of aliphatic carboxylic acids is 1. The van der Waals surface area contributed by atoms with E-state index in [1.54, 1.807) is 0 Å². The van der Waals surface area contributed by atoms with Crippen LogP contribution in [0.5, 0.6) is 0 Å². The lowest BCUT2D eigenvalue weighted by Gasteiger charge is -2.25. The molecule has 0 spiro atoms. The van der Waals surface area contributed by atoms with Gasteiger partial charge in [-0.3, -0.25) is 4.79 Å². The van der Waals surface area contributed by atoms with Gasteiger partial charge in [0.25, 0.3) is 0 Å². The highest BCUT2D eigenvalue weighted by molar-refractivity contribution is 5.74. The third-order valence-corrected chi connectivity index (χ3v) is 4.39. The van der Waals surface area contributed by atoms with E-state index in [0.29, 0.717) is 18.9 Å². The van der Waals surface area contributed by atoms with Gasteiger partial charge in [-0.05, 0) is 31.1 Å². The number of nitrogens with zero attached hydrogens (tertiary/aromatic N) is 1. The molecule has 5 heteroatoms. The van der Waals surface area contributed by atoms with Crippen LogP contribution in [0.3, 0.4) is 0 Å². The van der Waals surface area contributed by atoms with Crippen LogP contribution in [0, 0.1) is 11.8 Å². The maximum Gasteiger partial charge on any atom is 0.317 e. The molecule has 19 heavy (non-hydrogen) atoms. The van der Waals surface area contributed by atoms with Crippen molar-refractivity contribution in [1.82, 2.24) is 10.2 Å². The largest absolute Gasteiger partial charge is 0.481 e. The highest BCUT2D eigenvalue weighted by atomic mass is 16.4. The lowest BCUT2D eigenvalue weighted by Crippen LogP contribution is -2.39. The Morgan fingerprint density at radius 3 is 2.58 bits per heavy atom. The minimum absolute atomic E-state index is 0.0251. The quantitative estimate of drug-likeness (QED) is 0.774. The summed E-state index contributed by atoms with van der Waals surface area (Å²) in [6, 6.07) is 0.0251. The molecule has 0 aromatic heterocycles. The lowest BCUT2D eigenvalue weighted by atomic mass is 9.83. The molecule has 0 bridgehead atoms. The number of carboxylic acids is 1. The third-order valence-electron chi connectivity index (χ3n) is 4.39. The van der Waals surface area contributed by atoms with Gasteiger partial charge in [0.05, 0.1) is 0 Å². The van der Waals surface area contributed by atoms with E-state index in [1.165, 1.54) is 19.3 Å². The molecule has 2 fully saturated rings. The van der Waals surface area contributed by atoms with Crippen LogP contribution in [-0.4, -0.2) is 41.6 Å². The summed E-state index contributed by atoms with van der Waals surface area (Å²) in [5.74, 6) is 0.430. The first-order valence-electron chi connectivity index (χ1n) is 7.39. The van der Waals surface area contributed by atoms with Gasteiger partial charge in [0.2, 0.25) is 0 Å². The molecule has 2 rings (SSSR count). The molecule has 2 aliphatic rings. The Kier molecular flexibility index (Phi) is 5.05. The fraction of sp³-hybridized carbons (Fsp3) is 0.857. The summed E-state index contributed by atoms with van der Waals surface area (Å²) in [6.45, 7) is 2.25. The summed E-state index contributed by atoms with van der Waals surface area (Å²) in [5.41, 5.74) is 0. The molecule has 1 saturated carbocycles. The van der Waals surface area contributed by atoms with Crippen LogP contribution < -0.4 is 5.32 Å². The number of hydrogen-bond donors (Lipinski definition) is 2. The van der Waals surface area contributed by atoms with Gasteiger partial charge in [-0.25, -0.2) is 4.79 Å². The van der Waals surface area contributed by atoms with Crippen LogP contribution in [0.15, 0.2) is 0 Å². The molecule has 0 radical (unpaired) electrons. The molecule has 2 amide bonds. The zero-order chi connectivity index (χ0) is 13.7. The number of nitrogens with one attached hydrogen (secondary N) is 1. The second kappa shape index (κ2) is 6.78. The van der Waals surface area contributed by atoms with Gasteiger partial charge in [-0.15, -0.1) is 0 Å². The van der Waals surface area contributed by atoms with Crippen LogP contribution in [0.1, 0.15) is 44.9 Å². The molecule has 108 valence electrons. The summed E-state index contributed by atoms with van der Waals surface area (Å²) in [5, 5.41) is 11.6. The van der Waals surface area contributed by atoms with Crippen LogP contribution in [-0.2, 0) is 4.79 Å². The topological polar surface area (TPSA) is 69.6 Å². The van der Waals surface area contributed by atoms with Crippen LogP contribution in [0.2, 0.25) is 0 Å². The number of urea groups is 1. The Balaban J connectivity index is 1.59. The highest BCUT2D eigenvalue weighted by Gasteiger charge is 2.26. The monoisotopic (exact) mass is 268 g/mol. The smallest absolute Gasteiger partial charge is 0.317 e. The van der Waals surface area contributed by atoms with Crippen molar-refractivity contribution in [2.45, 2.75) is 44.9 Å². The first-order chi connectivity index (χ1) is 9.15. The normalized spacial score (nSPS) is 23.2. The van der Waals surface area contributed by atoms with Crippen molar-refractivity contribution in [3.63, 3.8) is 0 Å². The Morgan fingerprint density at radius 2 is 1.95 bits per heavy atom. The second-order valence-corrected chi connectivity index (χ2v) is 5.85. The van der Waals surface area contributed by atoms with Gasteiger partial charge in [0, 0.05) is 26.1 Å². The van der Waals surface area contributed by atoms with E-state index in [1.807, 2.05) is 4.90 Å². The summed E-state index contributed by atoms with van der Waals surface area (Å²) in [4.78, 5) is 24.3. The molecular weight excluding hydrogens is 244 g/mol. The summed E-state index contributed by atoms with van der Waals surface area (Å²) in [7, 11) is 0. The fourth-order valence-corrected chi connectivity index (χ4v) is 2.86. The van der Waals surface area contributed by atoms with Gasteiger partial charge in [0.15, 0.2) is 0 Å². The minimum Gasteiger partial charge on any atom is -0.481 e. The predicted octanol–water partition coefficient (Wildman–Crippen LogP) is 2.07. The Labute approximate surface area is 114 Å².